The number of carbonyl (C=O) groups excluding carboxylic acids is 1. The SMILES string of the molecule is CCN(C(=O)CN1CCCCCC1CO)C1CCCCC1. The summed E-state index contributed by atoms with van der Waals surface area (Å²) < 4.78 is 0. The molecule has 1 aliphatic carbocycles. The second-order valence-corrected chi connectivity index (χ2v) is 6.63. The molecule has 1 atom stereocenters. The molecule has 4 nitrogen and oxygen atoms in total. The summed E-state index contributed by atoms with van der Waals surface area (Å²) in [6, 6.07) is 0.636. The van der Waals surface area contributed by atoms with Crippen LogP contribution < -0.4 is 0 Å². The molecule has 1 N–H and O–H groups in total. The van der Waals surface area contributed by atoms with Gasteiger partial charge in [0.2, 0.25) is 5.91 Å². The molecule has 0 radical (unpaired) electrons. The van der Waals surface area contributed by atoms with Crippen LogP contribution in [0.5, 0.6) is 0 Å². The standard InChI is InChI=1S/C17H32N2O2/c1-2-19(15-9-5-3-6-10-15)17(21)13-18-12-8-4-7-11-16(18)14-20/h15-16,20H,2-14H2,1H3. The zero-order chi connectivity index (χ0) is 15.1. The lowest BCUT2D eigenvalue weighted by Crippen LogP contribution is -2.49. The fourth-order valence-electron chi connectivity index (χ4n) is 3.95. The minimum atomic E-state index is 0.182. The van der Waals surface area contributed by atoms with Gasteiger partial charge in [0.1, 0.15) is 0 Å². The van der Waals surface area contributed by atoms with Crippen molar-refractivity contribution in [1.29, 1.82) is 0 Å². The van der Waals surface area contributed by atoms with E-state index in [0.717, 1.165) is 25.9 Å². The van der Waals surface area contributed by atoms with Gasteiger partial charge in [0.25, 0.3) is 0 Å². The minimum Gasteiger partial charge on any atom is -0.395 e. The zero-order valence-electron chi connectivity index (χ0n) is 13.6. The quantitative estimate of drug-likeness (QED) is 0.847. The molecule has 1 saturated heterocycles. The van der Waals surface area contributed by atoms with Gasteiger partial charge in [-0.1, -0.05) is 32.1 Å². The molecule has 0 aromatic carbocycles. The first-order valence-electron chi connectivity index (χ1n) is 8.90. The average molecular weight is 296 g/mol. The maximum Gasteiger partial charge on any atom is 0.236 e. The highest BCUT2D eigenvalue weighted by Crippen LogP contribution is 2.23. The van der Waals surface area contributed by atoms with Crippen molar-refractivity contribution in [1.82, 2.24) is 9.80 Å². The molecule has 2 fully saturated rings. The van der Waals surface area contributed by atoms with Crippen LogP contribution in [0.25, 0.3) is 0 Å². The Labute approximate surface area is 129 Å². The van der Waals surface area contributed by atoms with Crippen LogP contribution in [0.1, 0.15) is 64.7 Å². The van der Waals surface area contributed by atoms with E-state index in [9.17, 15) is 9.90 Å². The van der Waals surface area contributed by atoms with Gasteiger partial charge in [0.15, 0.2) is 0 Å². The van der Waals surface area contributed by atoms with Gasteiger partial charge >= 0.3 is 0 Å². The maximum absolute atomic E-state index is 12.7. The van der Waals surface area contributed by atoms with E-state index < -0.39 is 0 Å². The lowest BCUT2D eigenvalue weighted by Gasteiger charge is -2.36. The fraction of sp³-hybridized carbons (Fsp3) is 0.941. The van der Waals surface area contributed by atoms with E-state index in [0.29, 0.717) is 12.6 Å². The Hall–Kier alpha value is -0.610. The van der Waals surface area contributed by atoms with Gasteiger partial charge in [-0.25, -0.2) is 0 Å². The molecule has 0 spiro atoms. The Balaban J connectivity index is 1.93. The minimum absolute atomic E-state index is 0.182. The third kappa shape index (κ3) is 4.68. The van der Waals surface area contributed by atoms with Gasteiger partial charge < -0.3 is 10.0 Å². The molecule has 1 saturated carbocycles. The van der Waals surface area contributed by atoms with Crippen LogP contribution in [0.2, 0.25) is 0 Å². The lowest BCUT2D eigenvalue weighted by atomic mass is 9.94. The molecule has 4 heteroatoms. The molecule has 2 aliphatic rings. The predicted molar refractivity (Wildman–Crippen MR) is 85.2 cm³/mol. The predicted octanol–water partition coefficient (Wildman–Crippen LogP) is 2.40. The average Bonchev–Trinajstić information content (AvgIpc) is 2.74. The molecule has 2 rings (SSSR count). The number of likely N-dealkylation sites (N-methyl/N-ethyl adjacent to an activating group) is 1. The molecule has 21 heavy (non-hydrogen) atoms. The number of nitrogens with zero attached hydrogens (tertiary/aromatic N) is 2. The van der Waals surface area contributed by atoms with Crippen LogP contribution in [-0.4, -0.2) is 59.1 Å². The number of aliphatic hydroxyl groups is 1. The summed E-state index contributed by atoms with van der Waals surface area (Å²) in [5.41, 5.74) is 0. The highest BCUT2D eigenvalue weighted by atomic mass is 16.3. The highest BCUT2D eigenvalue weighted by molar-refractivity contribution is 5.78. The lowest BCUT2D eigenvalue weighted by molar-refractivity contribution is -0.136. The first-order chi connectivity index (χ1) is 10.3. The molecule has 0 bridgehead atoms. The molecular weight excluding hydrogens is 264 g/mol. The van der Waals surface area contributed by atoms with E-state index in [1.165, 1.54) is 44.9 Å². The van der Waals surface area contributed by atoms with E-state index >= 15 is 0 Å². The van der Waals surface area contributed by atoms with Gasteiger partial charge in [0, 0.05) is 18.6 Å². The summed E-state index contributed by atoms with van der Waals surface area (Å²) in [4.78, 5) is 17.0. The van der Waals surface area contributed by atoms with Gasteiger partial charge in [0.05, 0.1) is 13.2 Å². The van der Waals surface area contributed by atoms with Crippen molar-refractivity contribution in [3.05, 3.63) is 0 Å². The third-order valence-corrected chi connectivity index (χ3v) is 5.22. The van der Waals surface area contributed by atoms with E-state index in [1.807, 2.05) is 0 Å². The van der Waals surface area contributed by atoms with Gasteiger partial charge in [-0.2, -0.15) is 0 Å². The number of carbonyl (C=O) groups is 1. The van der Waals surface area contributed by atoms with Crippen molar-refractivity contribution in [2.45, 2.75) is 76.8 Å². The Morgan fingerprint density at radius 3 is 2.43 bits per heavy atom. The van der Waals surface area contributed by atoms with E-state index in [4.69, 9.17) is 0 Å². The van der Waals surface area contributed by atoms with E-state index in [-0.39, 0.29) is 18.6 Å². The van der Waals surface area contributed by atoms with Crippen LogP contribution in [-0.2, 0) is 4.79 Å². The maximum atomic E-state index is 12.7. The van der Waals surface area contributed by atoms with Crippen molar-refractivity contribution in [3.63, 3.8) is 0 Å². The van der Waals surface area contributed by atoms with Crippen LogP contribution in [0.3, 0.4) is 0 Å². The molecule has 0 aromatic heterocycles. The van der Waals surface area contributed by atoms with Crippen LogP contribution in [0, 0.1) is 0 Å². The smallest absolute Gasteiger partial charge is 0.236 e. The van der Waals surface area contributed by atoms with Crippen LogP contribution in [0.4, 0.5) is 0 Å². The highest BCUT2D eigenvalue weighted by Gasteiger charge is 2.28. The van der Waals surface area contributed by atoms with Crippen molar-refractivity contribution in [2.24, 2.45) is 0 Å². The summed E-state index contributed by atoms with van der Waals surface area (Å²) in [6.07, 6.45) is 10.8. The Bertz CT molecular complexity index is 316. The number of likely N-dealkylation sites (tertiary alicyclic amines) is 1. The van der Waals surface area contributed by atoms with Crippen molar-refractivity contribution < 1.29 is 9.90 Å². The van der Waals surface area contributed by atoms with Crippen molar-refractivity contribution >= 4 is 5.91 Å². The zero-order valence-corrected chi connectivity index (χ0v) is 13.6. The normalized spacial score (nSPS) is 25.5. The Kier molecular flexibility index (Phi) is 6.97. The van der Waals surface area contributed by atoms with Gasteiger partial charge in [-0.15, -0.1) is 0 Å². The third-order valence-electron chi connectivity index (χ3n) is 5.22. The summed E-state index contributed by atoms with van der Waals surface area (Å²) in [7, 11) is 0. The first kappa shape index (κ1) is 16.8. The largest absolute Gasteiger partial charge is 0.395 e. The van der Waals surface area contributed by atoms with Crippen LogP contribution in [0.15, 0.2) is 0 Å². The summed E-state index contributed by atoms with van der Waals surface area (Å²) in [5.74, 6) is 0.268. The topological polar surface area (TPSA) is 43.8 Å². The second kappa shape index (κ2) is 8.74. The van der Waals surface area contributed by atoms with Crippen molar-refractivity contribution in [2.75, 3.05) is 26.2 Å². The number of hydrogen-bond acceptors (Lipinski definition) is 3. The van der Waals surface area contributed by atoms with Gasteiger partial charge in [-0.05, 0) is 39.2 Å². The number of rotatable bonds is 5. The first-order valence-corrected chi connectivity index (χ1v) is 8.90. The number of aliphatic hydroxyl groups excluding tert-OH is 1. The Morgan fingerprint density at radius 2 is 1.76 bits per heavy atom. The van der Waals surface area contributed by atoms with E-state index in [1.54, 1.807) is 0 Å². The number of amides is 1. The molecule has 1 unspecified atom stereocenters. The molecule has 1 aliphatic heterocycles. The van der Waals surface area contributed by atoms with Gasteiger partial charge in [-0.3, -0.25) is 9.69 Å². The summed E-state index contributed by atoms with van der Waals surface area (Å²) in [6.45, 7) is 4.55. The second-order valence-electron chi connectivity index (χ2n) is 6.63. The molecule has 1 amide bonds. The molecular formula is C17H32N2O2. The summed E-state index contributed by atoms with van der Waals surface area (Å²) in [5, 5.41) is 9.58. The van der Waals surface area contributed by atoms with Crippen LogP contribution >= 0.6 is 0 Å². The molecule has 0 aromatic rings. The van der Waals surface area contributed by atoms with Crippen molar-refractivity contribution in [3.8, 4) is 0 Å². The van der Waals surface area contributed by atoms with E-state index in [2.05, 4.69) is 16.7 Å². The Morgan fingerprint density at radius 1 is 1.10 bits per heavy atom. The fourth-order valence-corrected chi connectivity index (χ4v) is 3.95. The number of hydrogen-bond donors (Lipinski definition) is 1. The monoisotopic (exact) mass is 296 g/mol. The molecule has 122 valence electrons. The summed E-state index contributed by atoms with van der Waals surface area (Å²) >= 11 is 0. The molecule has 1 heterocycles.